The Hall–Kier alpha value is -1.44. The van der Waals surface area contributed by atoms with Crippen LogP contribution in [0.25, 0.3) is 0 Å². The zero-order chi connectivity index (χ0) is 17.5. The molecule has 0 bridgehead atoms. The Morgan fingerprint density at radius 3 is 2.67 bits per heavy atom. The first-order chi connectivity index (χ1) is 11.5. The molecule has 1 aromatic carbocycles. The summed E-state index contributed by atoms with van der Waals surface area (Å²) < 4.78 is 0. The zero-order valence-electron chi connectivity index (χ0n) is 13.7. The highest BCUT2D eigenvalue weighted by atomic mass is 35.5. The maximum atomic E-state index is 12.1. The summed E-state index contributed by atoms with van der Waals surface area (Å²) in [4.78, 5) is 25.7. The number of halogens is 1. The number of thioether (sulfide) groups is 1. The summed E-state index contributed by atoms with van der Waals surface area (Å²) in [6, 6.07) is 4.55. The van der Waals surface area contributed by atoms with Crippen LogP contribution < -0.4 is 16.4 Å². The van der Waals surface area contributed by atoms with Gasteiger partial charge in [-0.1, -0.05) is 11.6 Å². The molecule has 6 nitrogen and oxygen atoms in total. The maximum Gasteiger partial charge on any atom is 0.319 e. The van der Waals surface area contributed by atoms with Gasteiger partial charge < -0.3 is 21.3 Å². The second kappa shape index (κ2) is 9.15. The first kappa shape index (κ1) is 18.9. The molecule has 8 heteroatoms. The van der Waals surface area contributed by atoms with Gasteiger partial charge in [-0.2, -0.15) is 11.8 Å². The van der Waals surface area contributed by atoms with Crippen molar-refractivity contribution in [2.75, 3.05) is 37.0 Å². The molecule has 0 unspecified atom stereocenters. The number of hydrogen-bond acceptors (Lipinski definition) is 4. The van der Waals surface area contributed by atoms with Gasteiger partial charge in [-0.15, -0.1) is 0 Å². The Morgan fingerprint density at radius 1 is 1.38 bits per heavy atom. The fraction of sp³-hybridized carbons (Fsp3) is 0.500. The van der Waals surface area contributed by atoms with Gasteiger partial charge in [0.1, 0.15) is 0 Å². The molecular formula is C16H23ClN4O2S. The van der Waals surface area contributed by atoms with Crippen molar-refractivity contribution in [1.29, 1.82) is 0 Å². The molecule has 0 aromatic heterocycles. The van der Waals surface area contributed by atoms with Crippen molar-refractivity contribution >= 4 is 41.0 Å². The van der Waals surface area contributed by atoms with E-state index in [0.29, 0.717) is 5.69 Å². The number of amides is 3. The van der Waals surface area contributed by atoms with Crippen LogP contribution in [0.4, 0.5) is 10.5 Å². The molecule has 132 valence electrons. The summed E-state index contributed by atoms with van der Waals surface area (Å²) in [5.74, 6) is 0.546. The summed E-state index contributed by atoms with van der Waals surface area (Å²) in [7, 11) is 0. The number of nitrogens with zero attached hydrogens (tertiary/aromatic N) is 1. The predicted octanol–water partition coefficient (Wildman–Crippen LogP) is 2.39. The number of rotatable bonds is 6. The number of carbonyl (C=O) groups is 2. The second-order valence-corrected chi connectivity index (χ2v) is 7.16. The fourth-order valence-electron chi connectivity index (χ4n) is 2.67. The van der Waals surface area contributed by atoms with Crippen molar-refractivity contribution in [1.82, 2.24) is 10.2 Å². The van der Waals surface area contributed by atoms with Gasteiger partial charge in [0.05, 0.1) is 10.6 Å². The Bertz CT molecular complexity index is 591. The monoisotopic (exact) mass is 370 g/mol. The molecule has 1 aliphatic heterocycles. The molecule has 1 aliphatic rings. The molecule has 0 spiro atoms. The molecule has 3 amide bonds. The van der Waals surface area contributed by atoms with Gasteiger partial charge in [-0.3, -0.25) is 4.79 Å². The highest BCUT2D eigenvalue weighted by Crippen LogP contribution is 2.20. The molecule has 0 saturated carbocycles. The van der Waals surface area contributed by atoms with Gasteiger partial charge in [0.25, 0.3) is 0 Å². The van der Waals surface area contributed by atoms with Crippen molar-refractivity contribution in [3.05, 3.63) is 28.8 Å². The molecule has 1 aromatic rings. The van der Waals surface area contributed by atoms with Crippen LogP contribution in [-0.2, 0) is 0 Å². The molecule has 0 radical (unpaired) electrons. The van der Waals surface area contributed by atoms with E-state index in [1.165, 1.54) is 12.1 Å². The van der Waals surface area contributed by atoms with Crippen LogP contribution in [0.2, 0.25) is 5.02 Å². The summed E-state index contributed by atoms with van der Waals surface area (Å²) in [5.41, 5.74) is 5.97. The largest absolute Gasteiger partial charge is 0.366 e. The van der Waals surface area contributed by atoms with Crippen molar-refractivity contribution in [2.24, 2.45) is 5.73 Å². The van der Waals surface area contributed by atoms with E-state index in [2.05, 4.69) is 21.8 Å². The van der Waals surface area contributed by atoms with Gasteiger partial charge in [-0.25, -0.2) is 4.79 Å². The maximum absolute atomic E-state index is 12.1. The minimum atomic E-state index is -0.593. The summed E-state index contributed by atoms with van der Waals surface area (Å²) in [5, 5.41) is 5.95. The number of benzene rings is 1. The van der Waals surface area contributed by atoms with Crippen molar-refractivity contribution in [3.63, 3.8) is 0 Å². The quantitative estimate of drug-likeness (QED) is 0.717. The number of carbonyl (C=O) groups excluding carboxylic acids is 2. The number of likely N-dealkylation sites (tertiary alicyclic amines) is 1. The Kier molecular flexibility index (Phi) is 7.20. The number of hydrogen-bond donors (Lipinski definition) is 3. The lowest BCUT2D eigenvalue weighted by Gasteiger charge is -2.32. The van der Waals surface area contributed by atoms with E-state index < -0.39 is 5.91 Å². The van der Waals surface area contributed by atoms with Crippen LogP contribution >= 0.6 is 23.4 Å². The van der Waals surface area contributed by atoms with E-state index >= 15 is 0 Å². The Balaban J connectivity index is 1.80. The third kappa shape index (κ3) is 5.58. The van der Waals surface area contributed by atoms with Gasteiger partial charge in [0, 0.05) is 37.1 Å². The first-order valence-electron chi connectivity index (χ1n) is 7.87. The SMILES string of the molecule is CSCCN1CCC(NC(=O)Nc2ccc(C(N)=O)c(Cl)c2)CC1. The second-order valence-electron chi connectivity index (χ2n) is 5.77. The number of nitrogens with one attached hydrogen (secondary N) is 2. The standard InChI is InChI=1S/C16H23ClN4O2S/c1-24-9-8-21-6-4-11(5-7-21)19-16(23)20-12-2-3-13(15(18)22)14(17)10-12/h2-3,10-11H,4-9H2,1H3,(H2,18,22)(H2,19,20,23). The number of urea groups is 1. The lowest BCUT2D eigenvalue weighted by molar-refractivity contribution is 0.100. The summed E-state index contributed by atoms with van der Waals surface area (Å²) in [6.07, 6.45) is 4.01. The smallest absolute Gasteiger partial charge is 0.319 e. The zero-order valence-corrected chi connectivity index (χ0v) is 15.3. The molecule has 2 rings (SSSR count). The molecule has 0 atom stereocenters. The minimum absolute atomic E-state index is 0.177. The van der Waals surface area contributed by atoms with E-state index in [0.717, 1.165) is 38.2 Å². The lowest BCUT2D eigenvalue weighted by Crippen LogP contribution is -2.46. The number of piperidine rings is 1. The molecule has 1 saturated heterocycles. The van der Waals surface area contributed by atoms with E-state index in [1.54, 1.807) is 6.07 Å². The van der Waals surface area contributed by atoms with Crippen molar-refractivity contribution in [2.45, 2.75) is 18.9 Å². The topological polar surface area (TPSA) is 87.5 Å². The number of anilines is 1. The van der Waals surface area contributed by atoms with Crippen LogP contribution in [0.3, 0.4) is 0 Å². The van der Waals surface area contributed by atoms with Gasteiger partial charge in [-0.05, 0) is 37.3 Å². The van der Waals surface area contributed by atoms with Gasteiger partial charge in [0.15, 0.2) is 0 Å². The van der Waals surface area contributed by atoms with E-state index in [4.69, 9.17) is 17.3 Å². The molecule has 0 aliphatic carbocycles. The van der Waals surface area contributed by atoms with Crippen molar-refractivity contribution < 1.29 is 9.59 Å². The molecule has 1 heterocycles. The number of primary amides is 1. The molecule has 1 fully saturated rings. The summed E-state index contributed by atoms with van der Waals surface area (Å²) in [6.45, 7) is 3.11. The molecular weight excluding hydrogens is 348 g/mol. The van der Waals surface area contributed by atoms with E-state index in [-0.39, 0.29) is 22.7 Å². The van der Waals surface area contributed by atoms with Gasteiger partial charge in [0.2, 0.25) is 5.91 Å². The van der Waals surface area contributed by atoms with E-state index in [9.17, 15) is 9.59 Å². The summed E-state index contributed by atoms with van der Waals surface area (Å²) >= 11 is 7.83. The Morgan fingerprint density at radius 2 is 2.08 bits per heavy atom. The van der Waals surface area contributed by atoms with E-state index in [1.807, 2.05) is 11.8 Å². The van der Waals surface area contributed by atoms with Crippen LogP contribution in [0, 0.1) is 0 Å². The number of nitrogens with two attached hydrogens (primary N) is 1. The van der Waals surface area contributed by atoms with Crippen LogP contribution in [0.15, 0.2) is 18.2 Å². The molecule has 24 heavy (non-hydrogen) atoms. The third-order valence-electron chi connectivity index (χ3n) is 4.03. The fourth-order valence-corrected chi connectivity index (χ4v) is 3.38. The third-order valence-corrected chi connectivity index (χ3v) is 4.93. The van der Waals surface area contributed by atoms with Crippen LogP contribution in [0.5, 0.6) is 0 Å². The average molecular weight is 371 g/mol. The lowest BCUT2D eigenvalue weighted by atomic mass is 10.1. The highest BCUT2D eigenvalue weighted by Gasteiger charge is 2.20. The van der Waals surface area contributed by atoms with Gasteiger partial charge >= 0.3 is 6.03 Å². The first-order valence-corrected chi connectivity index (χ1v) is 9.65. The van der Waals surface area contributed by atoms with Crippen molar-refractivity contribution in [3.8, 4) is 0 Å². The van der Waals surface area contributed by atoms with Crippen LogP contribution in [0.1, 0.15) is 23.2 Å². The van der Waals surface area contributed by atoms with Crippen LogP contribution in [-0.4, -0.2) is 54.5 Å². The average Bonchev–Trinajstić information content (AvgIpc) is 2.54. The highest BCUT2D eigenvalue weighted by molar-refractivity contribution is 7.98. The Labute approximate surface area is 151 Å². The normalized spacial score (nSPS) is 15.9. The minimum Gasteiger partial charge on any atom is -0.366 e. The predicted molar refractivity (Wildman–Crippen MR) is 100.0 cm³/mol. The molecule has 4 N–H and O–H groups in total.